The molecule has 2 fully saturated rings. The first-order chi connectivity index (χ1) is 23.5. The molecule has 7 atom stereocenters. The van der Waals surface area contributed by atoms with Gasteiger partial charge < -0.3 is 19.1 Å². The molecule has 2 aliphatic carbocycles. The summed E-state index contributed by atoms with van der Waals surface area (Å²) in [5, 5.41) is 0.434. The van der Waals surface area contributed by atoms with Gasteiger partial charge in [0.25, 0.3) is 5.91 Å². The number of benzene rings is 2. The predicted octanol–water partition coefficient (Wildman–Crippen LogP) is 5.90. The molecule has 3 aliphatic heterocycles. The molecule has 8 nitrogen and oxygen atoms in total. The topological polar surface area (TPSA) is 80.3 Å². The first-order valence-electron chi connectivity index (χ1n) is 18.0. The van der Waals surface area contributed by atoms with E-state index in [4.69, 9.17) is 25.8 Å². The van der Waals surface area contributed by atoms with Crippen LogP contribution in [-0.2, 0) is 31.0 Å². The van der Waals surface area contributed by atoms with Crippen LogP contribution in [0.15, 0.2) is 48.6 Å². The van der Waals surface area contributed by atoms with Crippen molar-refractivity contribution in [3.05, 3.63) is 70.3 Å². The SMILES string of the molecule is C=S1(=O)NC(=O)c2ccc3c(c2)N(C[C@@H]2CC[C@H]2[C@](CN2CCOCC2)(OC)/C=C/C[C@H](C)[C@H]1C)C[C@@]1(CCCc2cc(Cl)ccc21)CO3. The quantitative estimate of drug-likeness (QED) is 0.314. The second-order valence-electron chi connectivity index (χ2n) is 15.3. The lowest BCUT2D eigenvalue weighted by Gasteiger charge is -2.52. The molecule has 49 heavy (non-hydrogen) atoms. The van der Waals surface area contributed by atoms with Crippen molar-refractivity contribution < 1.29 is 23.2 Å². The minimum atomic E-state index is -2.94. The van der Waals surface area contributed by atoms with Gasteiger partial charge in [0.15, 0.2) is 0 Å². The van der Waals surface area contributed by atoms with Gasteiger partial charge in [0.2, 0.25) is 0 Å². The van der Waals surface area contributed by atoms with E-state index in [0.29, 0.717) is 30.4 Å². The van der Waals surface area contributed by atoms with Crippen LogP contribution in [-0.4, -0.2) is 91.4 Å². The van der Waals surface area contributed by atoms with Gasteiger partial charge in [-0.2, -0.15) is 0 Å². The molecule has 5 aliphatic rings. The Balaban J connectivity index is 1.32. The molecule has 1 N–H and O–H groups in total. The van der Waals surface area contributed by atoms with Crippen molar-refractivity contribution in [1.82, 2.24) is 9.62 Å². The van der Waals surface area contributed by atoms with Gasteiger partial charge in [0.05, 0.1) is 35.2 Å². The maximum atomic E-state index is 14.0. The van der Waals surface area contributed by atoms with Crippen LogP contribution in [0.2, 0.25) is 5.02 Å². The Bertz CT molecular complexity index is 1690. The molecule has 7 rings (SSSR count). The van der Waals surface area contributed by atoms with E-state index in [1.54, 1.807) is 6.07 Å². The maximum Gasteiger partial charge on any atom is 0.262 e. The lowest BCUT2D eigenvalue weighted by Crippen LogP contribution is -2.58. The van der Waals surface area contributed by atoms with Gasteiger partial charge in [0, 0.05) is 61.1 Å². The molecular formula is C39H52ClN3O5S. The summed E-state index contributed by atoms with van der Waals surface area (Å²) in [6, 6.07) is 12.0. The molecular weight excluding hydrogens is 658 g/mol. The van der Waals surface area contributed by atoms with E-state index in [2.05, 4.69) is 51.6 Å². The molecule has 3 heterocycles. The lowest BCUT2D eigenvalue weighted by molar-refractivity contribution is -0.101. The van der Waals surface area contributed by atoms with Gasteiger partial charge in [-0.3, -0.25) is 14.4 Å². The Labute approximate surface area is 297 Å². The summed E-state index contributed by atoms with van der Waals surface area (Å²) in [6.07, 6.45) is 10.5. The third-order valence-corrected chi connectivity index (χ3v) is 14.8. The zero-order valence-corrected chi connectivity index (χ0v) is 30.8. The summed E-state index contributed by atoms with van der Waals surface area (Å²) < 4.78 is 35.8. The Hall–Kier alpha value is -2.56. The number of amides is 1. The standard InChI is InChI=1S/C39H52ClN3O5S/c1-27-7-5-16-39(46-3,25-42-17-19-47-20-18-42)34-12-9-31(34)23-43-24-38(15-6-8-29-21-32(40)11-13-33(29)38)26-48-36-14-10-30(22-35(36)43)37(44)41-49(4,45)28(27)2/h5,10-11,13-14,16,21-22,27-28,31,34H,4,6-9,12,15,17-20,23-26H2,1-3H3,(H,41,44,45)/b16-5+/t27-,28+,31-,34+,38-,39-,49?/m0/s1. The van der Waals surface area contributed by atoms with Gasteiger partial charge in [-0.05, 0) is 111 Å². The molecule has 0 aromatic heterocycles. The fourth-order valence-electron chi connectivity index (χ4n) is 9.01. The Morgan fingerprint density at radius 3 is 2.71 bits per heavy atom. The van der Waals surface area contributed by atoms with Gasteiger partial charge in [-0.1, -0.05) is 36.7 Å². The van der Waals surface area contributed by atoms with Gasteiger partial charge in [-0.25, -0.2) is 4.21 Å². The largest absolute Gasteiger partial charge is 0.490 e. The molecule has 266 valence electrons. The number of nitrogens with zero attached hydrogens (tertiary/aromatic N) is 2. The number of hydrogen-bond acceptors (Lipinski definition) is 7. The van der Waals surface area contributed by atoms with Crippen LogP contribution >= 0.6 is 11.6 Å². The fraction of sp³-hybridized carbons (Fsp3) is 0.590. The average Bonchev–Trinajstić information content (AvgIpc) is 3.22. The number of anilines is 1. The molecule has 2 aromatic carbocycles. The molecule has 1 unspecified atom stereocenters. The predicted molar refractivity (Wildman–Crippen MR) is 199 cm³/mol. The highest BCUT2D eigenvalue weighted by molar-refractivity contribution is 7.99. The molecule has 1 spiro atoms. The summed E-state index contributed by atoms with van der Waals surface area (Å²) in [5.41, 5.74) is 3.29. The average molecular weight is 710 g/mol. The van der Waals surface area contributed by atoms with Crippen molar-refractivity contribution in [3.63, 3.8) is 0 Å². The molecule has 1 saturated heterocycles. The van der Waals surface area contributed by atoms with Crippen LogP contribution in [0.3, 0.4) is 0 Å². The van der Waals surface area contributed by atoms with Gasteiger partial charge >= 0.3 is 0 Å². The van der Waals surface area contributed by atoms with E-state index in [1.165, 1.54) is 11.1 Å². The number of carbonyl (C=O) groups excluding carboxylic acids is 1. The smallest absolute Gasteiger partial charge is 0.262 e. The van der Waals surface area contributed by atoms with Crippen molar-refractivity contribution in [2.45, 2.75) is 68.6 Å². The molecule has 10 heteroatoms. The van der Waals surface area contributed by atoms with Crippen molar-refractivity contribution >= 4 is 38.8 Å². The number of methoxy groups -OCH3 is 1. The number of nitrogens with one attached hydrogen (secondary N) is 1. The van der Waals surface area contributed by atoms with Crippen LogP contribution in [0, 0.1) is 17.8 Å². The summed E-state index contributed by atoms with van der Waals surface area (Å²) in [6.45, 7) is 10.2. The van der Waals surface area contributed by atoms with Crippen LogP contribution in [0.25, 0.3) is 0 Å². The zero-order valence-electron chi connectivity index (χ0n) is 29.3. The number of halogens is 1. The van der Waals surface area contributed by atoms with E-state index < -0.39 is 15.3 Å². The van der Waals surface area contributed by atoms with E-state index >= 15 is 0 Å². The van der Waals surface area contributed by atoms with Crippen molar-refractivity contribution in [3.8, 4) is 5.75 Å². The molecule has 1 saturated carbocycles. The highest BCUT2D eigenvalue weighted by Crippen LogP contribution is 2.49. The highest BCUT2D eigenvalue weighted by atomic mass is 35.5. The molecule has 2 aromatic rings. The normalized spacial score (nSPS) is 36.0. The van der Waals surface area contributed by atoms with Crippen LogP contribution in [0.4, 0.5) is 5.69 Å². The Morgan fingerprint density at radius 1 is 1.14 bits per heavy atom. The summed E-state index contributed by atoms with van der Waals surface area (Å²) >= 11 is 6.49. The van der Waals surface area contributed by atoms with Crippen molar-refractivity contribution in [2.24, 2.45) is 17.8 Å². The number of aryl methyl sites for hydroxylation is 1. The maximum absolute atomic E-state index is 14.0. The number of ether oxygens (including phenoxy) is 3. The third kappa shape index (κ3) is 6.78. The zero-order chi connectivity index (χ0) is 34.4. The number of allylic oxidation sites excluding steroid dienone is 1. The van der Waals surface area contributed by atoms with Gasteiger partial charge in [0.1, 0.15) is 11.4 Å². The van der Waals surface area contributed by atoms with E-state index in [-0.39, 0.29) is 22.5 Å². The lowest BCUT2D eigenvalue weighted by atomic mass is 9.63. The molecule has 1 amide bonds. The second-order valence-corrected chi connectivity index (χ2v) is 18.1. The monoisotopic (exact) mass is 709 g/mol. The Kier molecular flexibility index (Phi) is 9.87. The first kappa shape index (κ1) is 34.9. The van der Waals surface area contributed by atoms with E-state index in [0.717, 1.165) is 94.5 Å². The summed E-state index contributed by atoms with van der Waals surface area (Å²) in [4.78, 5) is 18.7. The number of hydrogen-bond donors (Lipinski definition) is 1. The fourth-order valence-corrected chi connectivity index (χ4v) is 10.7. The number of carbonyl (C=O) groups is 1. The van der Waals surface area contributed by atoms with Crippen LogP contribution < -0.4 is 14.4 Å². The third-order valence-electron chi connectivity index (χ3n) is 12.3. The molecule has 2 bridgehead atoms. The van der Waals surface area contributed by atoms with E-state index in [1.807, 2.05) is 32.2 Å². The van der Waals surface area contributed by atoms with Crippen LogP contribution in [0.1, 0.15) is 67.4 Å². The van der Waals surface area contributed by atoms with Crippen LogP contribution in [0.5, 0.6) is 5.75 Å². The second kappa shape index (κ2) is 13.9. The van der Waals surface area contributed by atoms with Crippen molar-refractivity contribution in [1.29, 1.82) is 0 Å². The minimum Gasteiger partial charge on any atom is -0.490 e. The summed E-state index contributed by atoms with van der Waals surface area (Å²) in [5.74, 6) is 5.17. The van der Waals surface area contributed by atoms with Gasteiger partial charge in [-0.15, -0.1) is 0 Å². The number of morpholine rings is 1. The highest BCUT2D eigenvalue weighted by Gasteiger charge is 2.49. The number of rotatable bonds is 3. The Morgan fingerprint density at radius 2 is 1.96 bits per heavy atom. The number of fused-ring (bicyclic) bond motifs is 4. The molecule has 0 radical (unpaired) electrons. The van der Waals surface area contributed by atoms with Crippen molar-refractivity contribution in [2.75, 3.05) is 64.6 Å². The minimum absolute atomic E-state index is 0.0324. The summed E-state index contributed by atoms with van der Waals surface area (Å²) in [7, 11) is -1.08. The first-order valence-corrected chi connectivity index (χ1v) is 20.2. The van der Waals surface area contributed by atoms with E-state index in [9.17, 15) is 9.00 Å².